The van der Waals surface area contributed by atoms with Gasteiger partial charge < -0.3 is 0 Å². The molecule has 1 aromatic heterocycles. The lowest BCUT2D eigenvalue weighted by Crippen LogP contribution is -2.32. The fourth-order valence-corrected chi connectivity index (χ4v) is 4.06. The first kappa shape index (κ1) is 13.0. The molecule has 1 heterocycles. The molecule has 0 unspecified atom stereocenters. The molecule has 2 aliphatic carbocycles. The Morgan fingerprint density at radius 1 is 0.842 bits per heavy atom. The summed E-state index contributed by atoms with van der Waals surface area (Å²) < 4.78 is 4.47. The predicted molar refractivity (Wildman–Crippen MR) is 77.7 cm³/mol. The van der Waals surface area contributed by atoms with Crippen molar-refractivity contribution in [2.24, 2.45) is 0 Å². The van der Waals surface area contributed by atoms with Gasteiger partial charge in [-0.25, -0.2) is 4.68 Å². The van der Waals surface area contributed by atoms with Crippen molar-refractivity contribution < 1.29 is 0 Å². The topological polar surface area (TPSA) is 26.9 Å². The van der Waals surface area contributed by atoms with E-state index >= 15 is 0 Å². The van der Waals surface area contributed by atoms with Crippen LogP contribution in [0.3, 0.4) is 0 Å². The van der Waals surface area contributed by atoms with E-state index in [2.05, 4.69) is 16.3 Å². The lowest BCUT2D eigenvalue weighted by atomic mass is 9.94. The first-order valence-corrected chi connectivity index (χ1v) is 8.08. The van der Waals surface area contributed by atoms with Crippen LogP contribution in [0.4, 0.5) is 0 Å². The van der Waals surface area contributed by atoms with Crippen molar-refractivity contribution >= 4 is 0 Å². The predicted octanol–water partition coefficient (Wildman–Crippen LogP) is 3.97. The molecule has 0 bridgehead atoms. The van der Waals surface area contributed by atoms with Gasteiger partial charge in [0.2, 0.25) is 0 Å². The van der Waals surface area contributed by atoms with Gasteiger partial charge in [0.05, 0.1) is 12.1 Å². The highest BCUT2D eigenvalue weighted by molar-refractivity contribution is 5.03. The van der Waals surface area contributed by atoms with Crippen LogP contribution < -0.4 is 5.56 Å². The second kappa shape index (κ2) is 5.56. The second-order valence-electron chi connectivity index (χ2n) is 6.40. The fourth-order valence-electron chi connectivity index (χ4n) is 4.06. The summed E-state index contributed by atoms with van der Waals surface area (Å²) in [5.41, 5.74) is 1.40. The summed E-state index contributed by atoms with van der Waals surface area (Å²) in [5, 5.41) is 0. The van der Waals surface area contributed by atoms with Gasteiger partial charge in [-0.15, -0.1) is 0 Å². The summed E-state index contributed by atoms with van der Waals surface area (Å²) in [6.07, 6.45) is 12.8. The summed E-state index contributed by atoms with van der Waals surface area (Å²) in [6, 6.07) is 2.87. The molecule has 3 heteroatoms. The van der Waals surface area contributed by atoms with Crippen molar-refractivity contribution in [3.63, 3.8) is 0 Å². The van der Waals surface area contributed by atoms with Crippen LogP contribution in [-0.4, -0.2) is 9.36 Å². The zero-order chi connectivity index (χ0) is 13.2. The van der Waals surface area contributed by atoms with E-state index in [1.54, 1.807) is 0 Å². The Morgan fingerprint density at radius 3 is 1.84 bits per heavy atom. The molecule has 1 aromatic rings. The summed E-state index contributed by atoms with van der Waals surface area (Å²) in [5.74, 6) is 0. The highest BCUT2D eigenvalue weighted by Crippen LogP contribution is 2.32. The Balaban J connectivity index is 1.95. The van der Waals surface area contributed by atoms with Gasteiger partial charge in [0.1, 0.15) is 0 Å². The average Bonchev–Trinajstić information content (AvgIpc) is 2.75. The molecule has 0 aliphatic heterocycles. The van der Waals surface area contributed by atoms with Gasteiger partial charge in [0, 0.05) is 11.8 Å². The Kier molecular flexibility index (Phi) is 3.81. The minimum atomic E-state index is 0.231. The van der Waals surface area contributed by atoms with E-state index in [0.29, 0.717) is 12.1 Å². The van der Waals surface area contributed by atoms with Crippen molar-refractivity contribution in [2.75, 3.05) is 0 Å². The van der Waals surface area contributed by atoms with E-state index in [4.69, 9.17) is 0 Å². The summed E-state index contributed by atoms with van der Waals surface area (Å²) in [4.78, 5) is 12.3. The third-order valence-electron chi connectivity index (χ3n) is 4.99. The zero-order valence-corrected chi connectivity index (χ0v) is 12.1. The van der Waals surface area contributed by atoms with Crippen molar-refractivity contribution in [1.82, 2.24) is 9.36 Å². The quantitative estimate of drug-likeness (QED) is 0.792. The zero-order valence-electron chi connectivity index (χ0n) is 12.1. The van der Waals surface area contributed by atoms with Crippen LogP contribution in [0.5, 0.6) is 0 Å². The number of aromatic nitrogens is 2. The Labute approximate surface area is 115 Å². The van der Waals surface area contributed by atoms with E-state index < -0.39 is 0 Å². The van der Waals surface area contributed by atoms with E-state index in [1.165, 1.54) is 69.9 Å². The molecule has 0 saturated heterocycles. The number of hydrogen-bond acceptors (Lipinski definition) is 1. The Hall–Kier alpha value is -0.990. The molecule has 0 amide bonds. The molecule has 0 spiro atoms. The minimum absolute atomic E-state index is 0.231. The van der Waals surface area contributed by atoms with Gasteiger partial charge in [-0.05, 0) is 32.6 Å². The highest BCUT2D eigenvalue weighted by atomic mass is 16.1. The summed E-state index contributed by atoms with van der Waals surface area (Å²) in [7, 11) is 0. The van der Waals surface area contributed by atoms with Crippen LogP contribution in [0.2, 0.25) is 0 Å². The van der Waals surface area contributed by atoms with Gasteiger partial charge in [-0.3, -0.25) is 9.48 Å². The van der Waals surface area contributed by atoms with E-state index in [-0.39, 0.29) is 5.56 Å². The lowest BCUT2D eigenvalue weighted by molar-refractivity contribution is 0.224. The van der Waals surface area contributed by atoms with Crippen molar-refractivity contribution in [3.8, 4) is 0 Å². The number of rotatable bonds is 2. The Morgan fingerprint density at radius 2 is 1.32 bits per heavy atom. The van der Waals surface area contributed by atoms with Crippen LogP contribution in [-0.2, 0) is 0 Å². The van der Waals surface area contributed by atoms with Gasteiger partial charge in [0.25, 0.3) is 5.56 Å². The van der Waals surface area contributed by atoms with Crippen LogP contribution in [0.25, 0.3) is 0 Å². The molecule has 3 rings (SSSR count). The highest BCUT2D eigenvalue weighted by Gasteiger charge is 2.25. The summed E-state index contributed by atoms with van der Waals surface area (Å²) in [6.45, 7) is 2.11. The first-order valence-electron chi connectivity index (χ1n) is 8.08. The molecule has 2 saturated carbocycles. The lowest BCUT2D eigenvalue weighted by Gasteiger charge is -2.32. The normalized spacial score (nSPS) is 22.8. The smallest absolute Gasteiger partial charge is 0.267 e. The first-order chi connectivity index (χ1) is 9.27. The number of nitrogens with zero attached hydrogens (tertiary/aromatic N) is 2. The number of aryl methyl sites for hydroxylation is 1. The van der Waals surface area contributed by atoms with Gasteiger partial charge >= 0.3 is 0 Å². The molecule has 3 nitrogen and oxygen atoms in total. The molecule has 0 radical (unpaired) electrons. The van der Waals surface area contributed by atoms with Gasteiger partial charge in [-0.1, -0.05) is 38.5 Å². The van der Waals surface area contributed by atoms with Crippen LogP contribution in [0.1, 0.15) is 82.0 Å². The maximum absolute atomic E-state index is 12.3. The summed E-state index contributed by atoms with van der Waals surface area (Å²) >= 11 is 0. The SMILES string of the molecule is Cc1cc(=O)n(C2CCCCC2)n1C1CCCCC1. The molecular weight excluding hydrogens is 236 g/mol. The largest absolute Gasteiger partial charge is 0.284 e. The average molecular weight is 262 g/mol. The van der Waals surface area contributed by atoms with E-state index in [0.717, 1.165) is 0 Å². The standard InChI is InChI=1S/C16H26N2O/c1-13-12-16(19)18(15-10-6-3-7-11-15)17(13)14-8-4-2-5-9-14/h12,14-15H,2-11H2,1H3. The molecule has 19 heavy (non-hydrogen) atoms. The third-order valence-corrected chi connectivity index (χ3v) is 4.99. The molecule has 2 fully saturated rings. The van der Waals surface area contributed by atoms with Crippen molar-refractivity contribution in [1.29, 1.82) is 0 Å². The molecule has 0 N–H and O–H groups in total. The molecule has 2 aliphatic rings. The maximum Gasteiger partial charge on any atom is 0.267 e. The monoisotopic (exact) mass is 262 g/mol. The second-order valence-corrected chi connectivity index (χ2v) is 6.40. The number of hydrogen-bond donors (Lipinski definition) is 0. The minimum Gasteiger partial charge on any atom is -0.284 e. The fraction of sp³-hybridized carbons (Fsp3) is 0.812. The molecule has 106 valence electrons. The maximum atomic E-state index is 12.3. The molecule has 0 atom stereocenters. The van der Waals surface area contributed by atoms with Crippen LogP contribution >= 0.6 is 0 Å². The molecular formula is C16H26N2O. The van der Waals surface area contributed by atoms with Gasteiger partial charge in [-0.2, -0.15) is 0 Å². The Bertz CT molecular complexity index is 473. The van der Waals surface area contributed by atoms with Crippen LogP contribution in [0, 0.1) is 6.92 Å². The van der Waals surface area contributed by atoms with E-state index in [1.807, 2.05) is 6.07 Å². The van der Waals surface area contributed by atoms with Crippen LogP contribution in [0.15, 0.2) is 10.9 Å². The van der Waals surface area contributed by atoms with Crippen molar-refractivity contribution in [3.05, 3.63) is 22.1 Å². The van der Waals surface area contributed by atoms with Crippen molar-refractivity contribution in [2.45, 2.75) is 83.2 Å². The van der Waals surface area contributed by atoms with Gasteiger partial charge in [0.15, 0.2) is 0 Å². The third kappa shape index (κ3) is 2.52. The molecule has 0 aromatic carbocycles. The van der Waals surface area contributed by atoms with E-state index in [9.17, 15) is 4.79 Å².